The molecule has 1 rings (SSSR count). The Morgan fingerprint density at radius 1 is 1.40 bits per heavy atom. The van der Waals surface area contributed by atoms with Crippen molar-refractivity contribution in [2.45, 2.75) is 51.7 Å². The molecule has 0 spiro atoms. The van der Waals surface area contributed by atoms with Gasteiger partial charge in [-0.25, -0.2) is 0 Å². The van der Waals surface area contributed by atoms with Crippen molar-refractivity contribution in [1.29, 1.82) is 0 Å². The molecule has 1 heterocycles. The van der Waals surface area contributed by atoms with E-state index in [4.69, 9.17) is 5.11 Å². The number of nitrogens with zero attached hydrogens (tertiary/aromatic N) is 2. The summed E-state index contributed by atoms with van der Waals surface area (Å²) >= 11 is 0. The summed E-state index contributed by atoms with van der Waals surface area (Å²) in [6, 6.07) is 1.07. The lowest BCUT2D eigenvalue weighted by atomic mass is 9.94. The van der Waals surface area contributed by atoms with E-state index in [-0.39, 0.29) is 5.54 Å². The van der Waals surface area contributed by atoms with Crippen LogP contribution in [0.15, 0.2) is 0 Å². The van der Waals surface area contributed by atoms with Gasteiger partial charge in [-0.1, -0.05) is 0 Å². The Hall–Kier alpha value is -0.120. The Kier molecular flexibility index (Phi) is 4.15. The lowest BCUT2D eigenvalue weighted by Gasteiger charge is -2.51. The van der Waals surface area contributed by atoms with Crippen LogP contribution in [0.2, 0.25) is 0 Å². The first-order chi connectivity index (χ1) is 6.88. The van der Waals surface area contributed by atoms with Crippen molar-refractivity contribution in [2.24, 2.45) is 0 Å². The lowest BCUT2D eigenvalue weighted by Crippen LogP contribution is -2.63. The highest BCUT2D eigenvalue weighted by molar-refractivity contribution is 4.94. The Morgan fingerprint density at radius 3 is 2.47 bits per heavy atom. The van der Waals surface area contributed by atoms with Crippen LogP contribution in [-0.2, 0) is 0 Å². The molecule has 0 aromatic rings. The van der Waals surface area contributed by atoms with Crippen molar-refractivity contribution >= 4 is 0 Å². The Balaban J connectivity index is 2.72. The number of aliphatic hydroxyl groups is 1. The molecule has 1 fully saturated rings. The SMILES string of the molecule is CC(C)N1CC(C)(C)N(C)CC1CCO. The van der Waals surface area contributed by atoms with Crippen LogP contribution in [0.5, 0.6) is 0 Å². The third-order valence-electron chi connectivity index (χ3n) is 3.68. The fourth-order valence-corrected chi connectivity index (χ4v) is 2.38. The fourth-order valence-electron chi connectivity index (χ4n) is 2.38. The molecule has 0 bridgehead atoms. The monoisotopic (exact) mass is 214 g/mol. The van der Waals surface area contributed by atoms with Crippen LogP contribution in [0.3, 0.4) is 0 Å². The molecule has 0 saturated carbocycles. The van der Waals surface area contributed by atoms with E-state index in [2.05, 4.69) is 44.5 Å². The summed E-state index contributed by atoms with van der Waals surface area (Å²) in [4.78, 5) is 4.93. The summed E-state index contributed by atoms with van der Waals surface area (Å²) in [7, 11) is 2.18. The lowest BCUT2D eigenvalue weighted by molar-refractivity contribution is -0.0247. The average Bonchev–Trinajstić information content (AvgIpc) is 2.11. The van der Waals surface area contributed by atoms with Crippen LogP contribution in [0.25, 0.3) is 0 Å². The van der Waals surface area contributed by atoms with Gasteiger partial charge in [0.15, 0.2) is 0 Å². The van der Waals surface area contributed by atoms with Gasteiger partial charge in [0.2, 0.25) is 0 Å². The van der Waals surface area contributed by atoms with E-state index in [1.165, 1.54) is 0 Å². The van der Waals surface area contributed by atoms with Crippen molar-refractivity contribution in [2.75, 3.05) is 26.7 Å². The van der Waals surface area contributed by atoms with Crippen molar-refractivity contribution in [3.05, 3.63) is 0 Å². The molecule has 3 heteroatoms. The van der Waals surface area contributed by atoms with Crippen molar-refractivity contribution < 1.29 is 5.11 Å². The second-order valence-corrected chi connectivity index (χ2v) is 5.63. The van der Waals surface area contributed by atoms with Gasteiger partial charge in [0.25, 0.3) is 0 Å². The molecular formula is C12H26N2O. The minimum atomic E-state index is 0.246. The van der Waals surface area contributed by atoms with Crippen LogP contribution in [0.1, 0.15) is 34.1 Å². The summed E-state index contributed by atoms with van der Waals surface area (Å²) in [6.07, 6.45) is 0.888. The molecule has 1 saturated heterocycles. The van der Waals surface area contributed by atoms with E-state index >= 15 is 0 Å². The maximum atomic E-state index is 9.09. The van der Waals surface area contributed by atoms with E-state index < -0.39 is 0 Å². The zero-order chi connectivity index (χ0) is 11.6. The van der Waals surface area contributed by atoms with E-state index in [0.717, 1.165) is 19.5 Å². The second-order valence-electron chi connectivity index (χ2n) is 5.63. The quantitative estimate of drug-likeness (QED) is 0.764. The number of hydrogen-bond acceptors (Lipinski definition) is 3. The van der Waals surface area contributed by atoms with E-state index in [0.29, 0.717) is 18.7 Å². The molecule has 15 heavy (non-hydrogen) atoms. The summed E-state index contributed by atoms with van der Waals surface area (Å²) in [5, 5.41) is 9.09. The Morgan fingerprint density at radius 2 is 2.00 bits per heavy atom. The first-order valence-electron chi connectivity index (χ1n) is 5.96. The van der Waals surface area contributed by atoms with Crippen molar-refractivity contribution in [3.63, 3.8) is 0 Å². The molecule has 0 aromatic carbocycles. The van der Waals surface area contributed by atoms with Crippen molar-refractivity contribution in [3.8, 4) is 0 Å². The number of aliphatic hydroxyl groups excluding tert-OH is 1. The van der Waals surface area contributed by atoms with E-state index in [1.807, 2.05) is 0 Å². The maximum Gasteiger partial charge on any atom is 0.0446 e. The molecule has 0 aliphatic carbocycles. The largest absolute Gasteiger partial charge is 0.396 e. The van der Waals surface area contributed by atoms with Crippen LogP contribution in [-0.4, -0.2) is 59.3 Å². The first kappa shape index (κ1) is 12.9. The van der Waals surface area contributed by atoms with Gasteiger partial charge in [0.05, 0.1) is 0 Å². The number of hydrogen-bond donors (Lipinski definition) is 1. The fraction of sp³-hybridized carbons (Fsp3) is 1.00. The molecule has 0 aromatic heterocycles. The molecule has 0 amide bonds. The predicted octanol–water partition coefficient (Wildman–Crippen LogP) is 1.17. The Labute approximate surface area is 94.1 Å². The topological polar surface area (TPSA) is 26.7 Å². The smallest absolute Gasteiger partial charge is 0.0446 e. The van der Waals surface area contributed by atoms with Gasteiger partial charge in [-0.15, -0.1) is 0 Å². The van der Waals surface area contributed by atoms with Crippen LogP contribution in [0, 0.1) is 0 Å². The highest BCUT2D eigenvalue weighted by atomic mass is 16.3. The summed E-state index contributed by atoms with van der Waals surface area (Å²) < 4.78 is 0. The van der Waals surface area contributed by atoms with Gasteiger partial charge >= 0.3 is 0 Å². The average molecular weight is 214 g/mol. The summed E-state index contributed by atoms with van der Waals surface area (Å²) in [5.41, 5.74) is 0.246. The van der Waals surface area contributed by atoms with Gasteiger partial charge in [0.1, 0.15) is 0 Å². The highest BCUT2D eigenvalue weighted by Gasteiger charge is 2.37. The van der Waals surface area contributed by atoms with Crippen LogP contribution < -0.4 is 0 Å². The predicted molar refractivity (Wildman–Crippen MR) is 64.0 cm³/mol. The van der Waals surface area contributed by atoms with Crippen LogP contribution >= 0.6 is 0 Å². The van der Waals surface area contributed by atoms with Gasteiger partial charge in [-0.2, -0.15) is 0 Å². The molecule has 0 radical (unpaired) electrons. The molecule has 1 unspecified atom stereocenters. The molecule has 1 N–H and O–H groups in total. The first-order valence-corrected chi connectivity index (χ1v) is 5.96. The van der Waals surface area contributed by atoms with Gasteiger partial charge in [-0.05, 0) is 41.2 Å². The number of likely N-dealkylation sites (N-methyl/N-ethyl adjacent to an activating group) is 1. The Bertz CT molecular complexity index is 204. The van der Waals surface area contributed by atoms with Gasteiger partial charge in [0, 0.05) is 37.3 Å². The second kappa shape index (κ2) is 4.81. The van der Waals surface area contributed by atoms with E-state index in [9.17, 15) is 0 Å². The molecule has 1 aliphatic rings. The number of rotatable bonds is 3. The molecule has 90 valence electrons. The zero-order valence-corrected chi connectivity index (χ0v) is 10.8. The molecule has 3 nitrogen and oxygen atoms in total. The van der Waals surface area contributed by atoms with Gasteiger partial charge in [-0.3, -0.25) is 9.80 Å². The summed E-state index contributed by atoms with van der Waals surface area (Å²) in [6.45, 7) is 11.5. The zero-order valence-electron chi connectivity index (χ0n) is 10.8. The maximum absolute atomic E-state index is 9.09. The van der Waals surface area contributed by atoms with Gasteiger partial charge < -0.3 is 5.11 Å². The third-order valence-corrected chi connectivity index (χ3v) is 3.68. The highest BCUT2D eigenvalue weighted by Crippen LogP contribution is 2.25. The molecule has 1 atom stereocenters. The van der Waals surface area contributed by atoms with E-state index in [1.54, 1.807) is 0 Å². The molecular weight excluding hydrogens is 188 g/mol. The standard InChI is InChI=1S/C12H26N2O/c1-10(2)14-9-12(3,4)13(5)8-11(14)6-7-15/h10-11,15H,6-9H2,1-5H3. The molecule has 1 aliphatic heterocycles. The number of piperazine rings is 1. The van der Waals surface area contributed by atoms with Crippen molar-refractivity contribution in [1.82, 2.24) is 9.80 Å². The minimum absolute atomic E-state index is 0.246. The normalized spacial score (nSPS) is 28.6. The summed E-state index contributed by atoms with van der Waals surface area (Å²) in [5.74, 6) is 0. The minimum Gasteiger partial charge on any atom is -0.396 e. The van der Waals surface area contributed by atoms with Crippen LogP contribution in [0.4, 0.5) is 0 Å². The third kappa shape index (κ3) is 2.92.